The van der Waals surface area contributed by atoms with E-state index in [0.717, 1.165) is 10.4 Å². The average molecular weight is 396 g/mol. The molecule has 0 fully saturated rings. The molecule has 0 aliphatic rings. The molecule has 0 spiro atoms. The lowest BCUT2D eigenvalue weighted by molar-refractivity contribution is -0.115. The molecule has 1 heterocycles. The van der Waals surface area contributed by atoms with Crippen molar-refractivity contribution < 1.29 is 22.7 Å². The number of carbonyl (C=O) groups excluding carboxylic acids is 2. The van der Waals surface area contributed by atoms with Gasteiger partial charge in [0.1, 0.15) is 5.00 Å². The van der Waals surface area contributed by atoms with E-state index in [1.165, 1.54) is 18.4 Å². The number of methoxy groups -OCH3 is 1. The number of carbonyl (C=O) groups is 2. The maximum absolute atomic E-state index is 12.2. The molecule has 0 unspecified atom stereocenters. The molecule has 0 aliphatic carbocycles. The zero-order valence-electron chi connectivity index (χ0n) is 14.9. The van der Waals surface area contributed by atoms with Crippen LogP contribution in [0, 0.1) is 13.8 Å². The van der Waals surface area contributed by atoms with E-state index >= 15 is 0 Å². The Morgan fingerprint density at radius 3 is 2.42 bits per heavy atom. The lowest BCUT2D eigenvalue weighted by Crippen LogP contribution is -2.19. The van der Waals surface area contributed by atoms with E-state index < -0.39 is 21.7 Å². The van der Waals surface area contributed by atoms with Crippen molar-refractivity contribution >= 4 is 38.1 Å². The van der Waals surface area contributed by atoms with E-state index in [1.54, 1.807) is 31.2 Å². The number of amides is 1. The molecule has 0 saturated heterocycles. The molecular weight excluding hydrogens is 374 g/mol. The first-order valence-corrected chi connectivity index (χ1v) is 10.6. The fourth-order valence-corrected chi connectivity index (χ4v) is 4.81. The van der Waals surface area contributed by atoms with E-state index in [2.05, 4.69) is 5.32 Å². The van der Waals surface area contributed by atoms with Crippen LogP contribution in [0.5, 0.6) is 0 Å². The van der Waals surface area contributed by atoms with Gasteiger partial charge in [0.25, 0.3) is 0 Å². The molecule has 2 rings (SSSR count). The van der Waals surface area contributed by atoms with E-state index in [4.69, 9.17) is 4.74 Å². The summed E-state index contributed by atoms with van der Waals surface area (Å²) in [5.74, 6) is -1.34. The minimum absolute atomic E-state index is 0.105. The number of sulfone groups is 1. The van der Waals surface area contributed by atoms with E-state index in [-0.39, 0.29) is 17.9 Å². The van der Waals surface area contributed by atoms with Crippen LogP contribution in [0.1, 0.15) is 32.8 Å². The summed E-state index contributed by atoms with van der Waals surface area (Å²) in [4.78, 5) is 25.0. The fraction of sp³-hybridized carbons (Fsp3) is 0.333. The minimum atomic E-state index is -3.41. The summed E-state index contributed by atoms with van der Waals surface area (Å²) in [6.45, 7) is 3.62. The number of hydrogen-bond acceptors (Lipinski definition) is 6. The van der Waals surface area contributed by atoms with Gasteiger partial charge in [-0.05, 0) is 25.0 Å². The van der Waals surface area contributed by atoms with Gasteiger partial charge in [-0.15, -0.1) is 11.3 Å². The number of hydrogen-bond donors (Lipinski definition) is 1. The Balaban J connectivity index is 2.01. The molecular formula is C18H21NO5S2. The van der Waals surface area contributed by atoms with Gasteiger partial charge in [0, 0.05) is 11.3 Å². The Labute approximate surface area is 157 Å². The first kappa shape index (κ1) is 20.1. The van der Waals surface area contributed by atoms with E-state index in [0.29, 0.717) is 16.1 Å². The van der Waals surface area contributed by atoms with Crippen molar-refractivity contribution in [1.29, 1.82) is 0 Å². The van der Waals surface area contributed by atoms with Crippen molar-refractivity contribution in [3.05, 3.63) is 51.9 Å². The van der Waals surface area contributed by atoms with Gasteiger partial charge < -0.3 is 10.1 Å². The number of nitrogens with one attached hydrogen (secondary N) is 1. The highest BCUT2D eigenvalue weighted by molar-refractivity contribution is 7.90. The molecule has 1 aromatic carbocycles. The molecule has 0 saturated carbocycles. The summed E-state index contributed by atoms with van der Waals surface area (Å²) < 4.78 is 29.1. The summed E-state index contributed by atoms with van der Waals surface area (Å²) in [6, 6.07) is 8.82. The van der Waals surface area contributed by atoms with Gasteiger partial charge in [0.2, 0.25) is 5.91 Å². The molecule has 140 valence electrons. The van der Waals surface area contributed by atoms with Crippen LogP contribution < -0.4 is 5.32 Å². The molecule has 1 amide bonds. The monoisotopic (exact) mass is 395 g/mol. The van der Waals surface area contributed by atoms with Crippen LogP contribution in [-0.2, 0) is 25.1 Å². The third-order valence-electron chi connectivity index (χ3n) is 3.90. The summed E-state index contributed by atoms with van der Waals surface area (Å²) in [5, 5.41) is 3.02. The number of anilines is 1. The van der Waals surface area contributed by atoms with Gasteiger partial charge in [-0.1, -0.05) is 30.3 Å². The highest BCUT2D eigenvalue weighted by Gasteiger charge is 2.22. The number of thiophene rings is 1. The van der Waals surface area contributed by atoms with E-state index in [1.807, 2.05) is 13.0 Å². The molecule has 0 atom stereocenters. The molecule has 0 aliphatic heterocycles. The predicted molar refractivity (Wildman–Crippen MR) is 102 cm³/mol. The van der Waals surface area contributed by atoms with E-state index in [9.17, 15) is 18.0 Å². The topological polar surface area (TPSA) is 89.5 Å². The number of esters is 1. The quantitative estimate of drug-likeness (QED) is 0.728. The van der Waals surface area contributed by atoms with Crippen LogP contribution in [0.25, 0.3) is 0 Å². The average Bonchev–Trinajstić information content (AvgIpc) is 2.87. The SMILES string of the molecule is COC(=O)c1c(NC(=O)CCS(=O)(=O)Cc2ccccc2)sc(C)c1C. The van der Waals surface area contributed by atoms with Crippen LogP contribution in [-0.4, -0.2) is 33.2 Å². The first-order valence-electron chi connectivity index (χ1n) is 7.96. The second kappa shape index (κ2) is 8.46. The largest absolute Gasteiger partial charge is 0.465 e. The molecule has 8 heteroatoms. The number of rotatable bonds is 7. The third-order valence-corrected chi connectivity index (χ3v) is 6.62. The van der Waals surface area contributed by atoms with Crippen molar-refractivity contribution in [2.24, 2.45) is 0 Å². The summed E-state index contributed by atoms with van der Waals surface area (Å²) in [5.41, 5.74) is 1.75. The van der Waals surface area contributed by atoms with Gasteiger partial charge in [0.05, 0.1) is 24.2 Å². The van der Waals surface area contributed by atoms with Crippen LogP contribution in [0.4, 0.5) is 5.00 Å². The Morgan fingerprint density at radius 1 is 1.15 bits per heavy atom. The predicted octanol–water partition coefficient (Wildman–Crippen LogP) is 3.10. The normalized spacial score (nSPS) is 11.2. The fourth-order valence-electron chi connectivity index (χ4n) is 2.40. The first-order chi connectivity index (χ1) is 12.2. The van der Waals surface area contributed by atoms with Gasteiger partial charge in [0.15, 0.2) is 9.84 Å². The number of ether oxygens (including phenoxy) is 1. The zero-order chi connectivity index (χ0) is 19.3. The molecule has 0 bridgehead atoms. The van der Waals surface area contributed by atoms with Crippen molar-refractivity contribution in [3.8, 4) is 0 Å². The zero-order valence-corrected chi connectivity index (χ0v) is 16.5. The summed E-state index contributed by atoms with van der Waals surface area (Å²) in [6.07, 6.45) is -0.175. The second-order valence-corrected chi connectivity index (χ2v) is 9.26. The van der Waals surface area contributed by atoms with Crippen LogP contribution in [0.2, 0.25) is 0 Å². The minimum Gasteiger partial charge on any atom is -0.465 e. The standard InChI is InChI=1S/C18H21NO5S2/c1-12-13(2)25-17(16(12)18(21)24-3)19-15(20)9-10-26(22,23)11-14-7-5-4-6-8-14/h4-8H,9-11H2,1-3H3,(H,19,20). The Hall–Kier alpha value is -2.19. The van der Waals surface area contributed by atoms with Gasteiger partial charge in [-0.2, -0.15) is 0 Å². The molecule has 6 nitrogen and oxygen atoms in total. The smallest absolute Gasteiger partial charge is 0.341 e. The third kappa shape index (κ3) is 5.15. The highest BCUT2D eigenvalue weighted by atomic mass is 32.2. The second-order valence-electron chi connectivity index (χ2n) is 5.85. The molecule has 1 N–H and O–H groups in total. The number of benzene rings is 1. The maximum Gasteiger partial charge on any atom is 0.341 e. The van der Waals surface area contributed by atoms with Crippen molar-refractivity contribution in [2.75, 3.05) is 18.2 Å². The van der Waals surface area contributed by atoms with Gasteiger partial charge >= 0.3 is 5.97 Å². The molecule has 2 aromatic rings. The van der Waals surface area contributed by atoms with Crippen molar-refractivity contribution in [3.63, 3.8) is 0 Å². The van der Waals surface area contributed by atoms with Crippen LogP contribution >= 0.6 is 11.3 Å². The molecule has 26 heavy (non-hydrogen) atoms. The summed E-state index contributed by atoms with van der Waals surface area (Å²) >= 11 is 1.27. The van der Waals surface area contributed by atoms with Crippen molar-refractivity contribution in [1.82, 2.24) is 0 Å². The Morgan fingerprint density at radius 2 is 1.81 bits per heavy atom. The Bertz CT molecular complexity index is 901. The van der Waals surface area contributed by atoms with Gasteiger partial charge in [-0.25, -0.2) is 13.2 Å². The summed E-state index contributed by atoms with van der Waals surface area (Å²) in [7, 11) is -2.13. The highest BCUT2D eigenvalue weighted by Crippen LogP contribution is 2.33. The number of aryl methyl sites for hydroxylation is 1. The Kier molecular flexibility index (Phi) is 6.55. The van der Waals surface area contributed by atoms with Crippen LogP contribution in [0.15, 0.2) is 30.3 Å². The maximum atomic E-state index is 12.2. The molecule has 0 radical (unpaired) electrons. The lowest BCUT2D eigenvalue weighted by Gasteiger charge is -2.07. The van der Waals surface area contributed by atoms with Crippen molar-refractivity contribution in [2.45, 2.75) is 26.0 Å². The molecule has 1 aromatic heterocycles. The lowest BCUT2D eigenvalue weighted by atomic mass is 10.1. The van der Waals surface area contributed by atoms with Gasteiger partial charge in [-0.3, -0.25) is 4.79 Å². The van der Waals surface area contributed by atoms with Crippen LogP contribution in [0.3, 0.4) is 0 Å².